The van der Waals surface area contributed by atoms with Gasteiger partial charge in [-0.3, -0.25) is 0 Å². The maximum atomic E-state index is 13.3. The average molecular weight is 406 g/mol. The topological polar surface area (TPSA) is 46.4 Å². The first-order valence-corrected chi connectivity index (χ1v) is 10.9. The van der Waals surface area contributed by atoms with Crippen molar-refractivity contribution < 1.29 is 13.2 Å². The average Bonchev–Trinajstić information content (AvgIpc) is 3.49. The largest absolute Gasteiger partial charge is 0.497 e. The van der Waals surface area contributed by atoms with Crippen LogP contribution in [-0.4, -0.2) is 25.9 Å². The summed E-state index contributed by atoms with van der Waals surface area (Å²) in [6.07, 6.45) is 3.93. The molecule has 0 amide bonds. The van der Waals surface area contributed by atoms with Gasteiger partial charge in [0.15, 0.2) is 0 Å². The Morgan fingerprint density at radius 2 is 1.55 bits per heavy atom. The van der Waals surface area contributed by atoms with Crippen molar-refractivity contribution in [2.24, 2.45) is 0 Å². The molecule has 0 bridgehead atoms. The molecule has 0 aliphatic carbocycles. The van der Waals surface area contributed by atoms with Crippen molar-refractivity contribution >= 4 is 16.1 Å². The zero-order valence-corrected chi connectivity index (χ0v) is 17.2. The zero-order chi connectivity index (χ0) is 20.4. The summed E-state index contributed by atoms with van der Waals surface area (Å²) in [6.45, 7) is 1.95. The van der Waals surface area contributed by atoms with E-state index < -0.39 is 10.0 Å². The molecule has 4 nitrogen and oxygen atoms in total. The van der Waals surface area contributed by atoms with Gasteiger partial charge in [0, 0.05) is 0 Å². The van der Waals surface area contributed by atoms with Crippen LogP contribution in [0.15, 0.2) is 89.8 Å². The standard InChI is InChI=1S/C24H23NO3S/c1-18-8-15-22(16-9-18)29(26,27)25-23(24(25)20-6-4-3-5-7-20)17-12-19-10-13-21(28-2)14-11-19/h3-17,23-24H,1-2H3/b17-12+/t23?,24-,25?/m1/s1. The van der Waals surface area contributed by atoms with E-state index in [1.807, 2.05) is 85.8 Å². The Morgan fingerprint density at radius 1 is 0.897 bits per heavy atom. The minimum atomic E-state index is -3.58. The Bertz CT molecular complexity index is 1110. The van der Waals surface area contributed by atoms with E-state index in [4.69, 9.17) is 4.74 Å². The fourth-order valence-electron chi connectivity index (χ4n) is 3.48. The van der Waals surface area contributed by atoms with E-state index in [-0.39, 0.29) is 12.1 Å². The molecular weight excluding hydrogens is 382 g/mol. The van der Waals surface area contributed by atoms with Gasteiger partial charge >= 0.3 is 0 Å². The van der Waals surface area contributed by atoms with Crippen molar-refractivity contribution in [3.8, 4) is 5.75 Å². The second-order valence-corrected chi connectivity index (χ2v) is 8.97. The maximum absolute atomic E-state index is 13.3. The number of nitrogens with zero attached hydrogens (tertiary/aromatic N) is 1. The molecule has 1 aliphatic heterocycles. The molecule has 1 saturated heterocycles. The van der Waals surface area contributed by atoms with Crippen LogP contribution < -0.4 is 4.74 Å². The molecule has 1 fully saturated rings. The second-order valence-electron chi connectivity index (χ2n) is 7.13. The van der Waals surface area contributed by atoms with Crippen LogP contribution in [0.1, 0.15) is 22.7 Å². The number of aryl methyl sites for hydroxylation is 1. The molecule has 0 N–H and O–H groups in total. The van der Waals surface area contributed by atoms with Crippen LogP contribution in [0.25, 0.3) is 6.08 Å². The van der Waals surface area contributed by atoms with Gasteiger partial charge in [0.2, 0.25) is 10.0 Å². The number of rotatable bonds is 6. The summed E-state index contributed by atoms with van der Waals surface area (Å²) in [6, 6.07) is 24.1. The number of methoxy groups -OCH3 is 1. The Balaban J connectivity index is 1.64. The Hall–Kier alpha value is -2.89. The summed E-state index contributed by atoms with van der Waals surface area (Å²) < 4.78 is 33.3. The molecule has 5 heteroatoms. The molecule has 1 aliphatic rings. The molecule has 3 aromatic rings. The van der Waals surface area contributed by atoms with Crippen molar-refractivity contribution in [2.45, 2.75) is 23.9 Å². The lowest BCUT2D eigenvalue weighted by Gasteiger charge is -2.07. The summed E-state index contributed by atoms with van der Waals surface area (Å²) in [5.74, 6) is 0.791. The minimum Gasteiger partial charge on any atom is -0.497 e. The van der Waals surface area contributed by atoms with E-state index in [0.717, 1.165) is 22.4 Å². The van der Waals surface area contributed by atoms with E-state index >= 15 is 0 Å². The smallest absolute Gasteiger partial charge is 0.244 e. The van der Waals surface area contributed by atoms with E-state index in [0.29, 0.717) is 4.90 Å². The summed E-state index contributed by atoms with van der Waals surface area (Å²) >= 11 is 0. The van der Waals surface area contributed by atoms with Gasteiger partial charge in [-0.2, -0.15) is 4.31 Å². The van der Waals surface area contributed by atoms with Crippen LogP contribution in [0.2, 0.25) is 0 Å². The zero-order valence-electron chi connectivity index (χ0n) is 16.4. The highest BCUT2D eigenvalue weighted by atomic mass is 32.2. The van der Waals surface area contributed by atoms with Gasteiger partial charge in [-0.15, -0.1) is 0 Å². The van der Waals surface area contributed by atoms with E-state index in [1.54, 1.807) is 23.5 Å². The summed E-state index contributed by atoms with van der Waals surface area (Å²) in [5.41, 5.74) is 3.02. The Kier molecular flexibility index (Phi) is 5.26. The van der Waals surface area contributed by atoms with Crippen LogP contribution in [0.5, 0.6) is 5.75 Å². The SMILES string of the molecule is COc1ccc(/C=C/C2[C@@H](c3ccccc3)N2S(=O)(=O)c2ccc(C)cc2)cc1. The lowest BCUT2D eigenvalue weighted by molar-refractivity contribution is 0.415. The highest BCUT2D eigenvalue weighted by Gasteiger charge is 2.54. The van der Waals surface area contributed by atoms with Crippen LogP contribution >= 0.6 is 0 Å². The van der Waals surface area contributed by atoms with Gasteiger partial charge in [-0.1, -0.05) is 72.3 Å². The molecule has 0 saturated carbocycles. The predicted octanol–water partition coefficient (Wildman–Crippen LogP) is 4.83. The van der Waals surface area contributed by atoms with Gasteiger partial charge < -0.3 is 4.74 Å². The Morgan fingerprint density at radius 3 is 2.17 bits per heavy atom. The third-order valence-corrected chi connectivity index (χ3v) is 7.03. The maximum Gasteiger partial charge on any atom is 0.244 e. The highest BCUT2D eigenvalue weighted by Crippen LogP contribution is 2.48. The first-order valence-electron chi connectivity index (χ1n) is 9.48. The quantitative estimate of drug-likeness (QED) is 0.552. The molecule has 4 rings (SSSR count). The first kappa shape index (κ1) is 19.4. The monoisotopic (exact) mass is 405 g/mol. The highest BCUT2D eigenvalue weighted by molar-refractivity contribution is 7.89. The van der Waals surface area contributed by atoms with Gasteiger partial charge in [-0.25, -0.2) is 8.42 Å². The van der Waals surface area contributed by atoms with Crippen LogP contribution in [0.4, 0.5) is 0 Å². The minimum absolute atomic E-state index is 0.197. The third-order valence-electron chi connectivity index (χ3n) is 5.14. The Labute approximate surface area is 172 Å². The van der Waals surface area contributed by atoms with Crippen molar-refractivity contribution in [1.82, 2.24) is 4.31 Å². The van der Waals surface area contributed by atoms with Crippen molar-refractivity contribution in [3.05, 3.63) is 102 Å². The van der Waals surface area contributed by atoms with Crippen LogP contribution in [0.3, 0.4) is 0 Å². The summed E-state index contributed by atoms with van der Waals surface area (Å²) in [7, 11) is -1.95. The second kappa shape index (κ2) is 7.85. The first-order chi connectivity index (χ1) is 14.0. The summed E-state index contributed by atoms with van der Waals surface area (Å²) in [4.78, 5) is 0.323. The molecule has 148 valence electrons. The molecule has 3 atom stereocenters. The van der Waals surface area contributed by atoms with Gasteiger partial charge in [0.25, 0.3) is 0 Å². The van der Waals surface area contributed by atoms with Crippen LogP contribution in [-0.2, 0) is 10.0 Å². The van der Waals surface area contributed by atoms with E-state index in [1.165, 1.54) is 0 Å². The third kappa shape index (κ3) is 3.97. The molecule has 1 heterocycles. The normalized spacial score (nSPS) is 21.2. The summed E-state index contributed by atoms with van der Waals surface area (Å²) in [5, 5.41) is 0. The van der Waals surface area contributed by atoms with Gasteiger partial charge in [-0.05, 0) is 42.3 Å². The molecule has 0 spiro atoms. The molecule has 3 aromatic carbocycles. The predicted molar refractivity (Wildman–Crippen MR) is 115 cm³/mol. The number of ether oxygens (including phenoxy) is 1. The van der Waals surface area contributed by atoms with Gasteiger partial charge in [0.05, 0.1) is 24.1 Å². The van der Waals surface area contributed by atoms with Crippen molar-refractivity contribution in [2.75, 3.05) is 7.11 Å². The molecule has 0 aromatic heterocycles. The number of benzene rings is 3. The van der Waals surface area contributed by atoms with Crippen molar-refractivity contribution in [3.63, 3.8) is 0 Å². The number of hydrogen-bond donors (Lipinski definition) is 0. The lowest BCUT2D eigenvalue weighted by Crippen LogP contribution is -2.14. The number of sulfonamides is 1. The molecule has 0 radical (unpaired) electrons. The van der Waals surface area contributed by atoms with E-state index in [2.05, 4.69) is 0 Å². The van der Waals surface area contributed by atoms with Crippen LogP contribution in [0, 0.1) is 6.92 Å². The fraction of sp³-hybridized carbons (Fsp3) is 0.167. The molecule has 2 unspecified atom stereocenters. The van der Waals surface area contributed by atoms with Gasteiger partial charge in [0.1, 0.15) is 5.75 Å². The molecular formula is C24H23NO3S. The van der Waals surface area contributed by atoms with E-state index in [9.17, 15) is 8.42 Å². The lowest BCUT2D eigenvalue weighted by atomic mass is 10.1. The number of hydrogen-bond acceptors (Lipinski definition) is 3. The fourth-order valence-corrected chi connectivity index (χ4v) is 5.20. The van der Waals surface area contributed by atoms with Crippen molar-refractivity contribution in [1.29, 1.82) is 0 Å². The molecule has 29 heavy (non-hydrogen) atoms.